The first-order chi connectivity index (χ1) is 20.3. The summed E-state index contributed by atoms with van der Waals surface area (Å²) in [7, 11) is 1.56. The van der Waals surface area contributed by atoms with Gasteiger partial charge in [-0.3, -0.25) is 14.4 Å². The Morgan fingerprint density at radius 2 is 1.57 bits per heavy atom. The van der Waals surface area contributed by atoms with E-state index in [2.05, 4.69) is 0 Å². The summed E-state index contributed by atoms with van der Waals surface area (Å²) >= 11 is 6.25. The highest BCUT2D eigenvalue weighted by Gasteiger charge is 2.65. The summed E-state index contributed by atoms with van der Waals surface area (Å²) in [6.07, 6.45) is 0. The average molecular weight is 581 g/mol. The van der Waals surface area contributed by atoms with Crippen LogP contribution in [0, 0.1) is 5.82 Å². The van der Waals surface area contributed by atoms with Gasteiger partial charge in [0, 0.05) is 17.1 Å². The van der Waals surface area contributed by atoms with E-state index in [-0.39, 0.29) is 35.4 Å². The van der Waals surface area contributed by atoms with Crippen molar-refractivity contribution in [1.29, 1.82) is 0 Å². The van der Waals surface area contributed by atoms with Crippen LogP contribution in [0.4, 0.5) is 10.1 Å². The van der Waals surface area contributed by atoms with Gasteiger partial charge < -0.3 is 19.0 Å². The van der Waals surface area contributed by atoms with Crippen LogP contribution in [-0.4, -0.2) is 23.8 Å². The van der Waals surface area contributed by atoms with E-state index in [1.54, 1.807) is 73.8 Å². The van der Waals surface area contributed by atoms with Crippen LogP contribution in [0.5, 0.6) is 5.75 Å². The number of methoxy groups -OCH3 is 1. The normalized spacial score (nSPS) is 17.3. The fourth-order valence-corrected chi connectivity index (χ4v) is 6.20. The molecule has 0 saturated heterocycles. The molecule has 0 N–H and O–H groups in total. The summed E-state index contributed by atoms with van der Waals surface area (Å²) in [5, 5.41) is 0.487. The van der Waals surface area contributed by atoms with Crippen LogP contribution in [0.3, 0.4) is 0 Å². The number of hydrogen-bond acceptors (Lipinski definition) is 5. The van der Waals surface area contributed by atoms with E-state index in [1.165, 1.54) is 34.1 Å². The Morgan fingerprint density at radius 1 is 0.881 bits per heavy atom. The Kier molecular flexibility index (Phi) is 5.92. The molecule has 2 aliphatic rings. The number of ether oxygens (including phenoxy) is 1. The van der Waals surface area contributed by atoms with E-state index < -0.39 is 28.6 Å². The molecule has 7 nitrogen and oxygen atoms in total. The number of hydrogen-bond donors (Lipinski definition) is 0. The molecule has 7 rings (SSSR count). The fraction of sp³-hybridized carbons (Fsp3) is 0.121. The molecule has 4 aromatic carbocycles. The standard InChI is InChI=1S/C33H22ClFN2O5/c1-41-23-13-8-20(9-14-23)18-37-31(39)30-28(29(38)24-16-21(34)10-15-27(24)42-30)33(37)25-4-2-3-5-26(25)36(32(33)40)17-19-6-11-22(35)12-7-19/h2-16H,17-18H2,1H3. The van der Waals surface area contributed by atoms with Gasteiger partial charge in [0.05, 0.1) is 30.3 Å². The SMILES string of the molecule is COc1ccc(CN2C(=O)c3oc4ccc(Cl)cc4c(=O)c3C23C(=O)N(Cc2ccc(F)cc2)c2ccccc23)cc1. The third-order valence-electron chi connectivity index (χ3n) is 7.95. The second-order valence-corrected chi connectivity index (χ2v) is 10.7. The van der Waals surface area contributed by atoms with Crippen LogP contribution in [-0.2, 0) is 23.4 Å². The van der Waals surface area contributed by atoms with Crippen molar-refractivity contribution in [3.63, 3.8) is 0 Å². The molecular formula is C33H22ClFN2O5. The van der Waals surface area contributed by atoms with E-state index in [1.807, 2.05) is 0 Å². The Bertz CT molecular complexity index is 1970. The van der Waals surface area contributed by atoms with Crippen LogP contribution < -0.4 is 15.1 Å². The van der Waals surface area contributed by atoms with Gasteiger partial charge in [0.25, 0.3) is 11.8 Å². The predicted octanol–water partition coefficient (Wildman–Crippen LogP) is 6.04. The number of carbonyl (C=O) groups is 2. The number of halogens is 2. The maximum atomic E-state index is 14.9. The number of fused-ring (bicyclic) bond motifs is 5. The minimum Gasteiger partial charge on any atom is -0.497 e. The van der Waals surface area contributed by atoms with Gasteiger partial charge in [-0.1, -0.05) is 54.1 Å². The second-order valence-electron chi connectivity index (χ2n) is 10.3. The minimum atomic E-state index is -1.81. The van der Waals surface area contributed by atoms with Crippen LogP contribution >= 0.6 is 11.6 Å². The average Bonchev–Trinajstić information content (AvgIpc) is 3.39. The first-order valence-corrected chi connectivity index (χ1v) is 13.6. The smallest absolute Gasteiger partial charge is 0.291 e. The lowest BCUT2D eigenvalue weighted by Gasteiger charge is -2.34. The summed E-state index contributed by atoms with van der Waals surface area (Å²) < 4.78 is 25.1. The van der Waals surface area contributed by atoms with Crippen molar-refractivity contribution in [2.24, 2.45) is 0 Å². The van der Waals surface area contributed by atoms with E-state index in [4.69, 9.17) is 20.8 Å². The molecule has 2 aliphatic heterocycles. The quantitative estimate of drug-likeness (QED) is 0.253. The Balaban J connectivity index is 1.49. The molecule has 0 fully saturated rings. The van der Waals surface area contributed by atoms with Crippen LogP contribution in [0.25, 0.3) is 11.0 Å². The van der Waals surface area contributed by atoms with Gasteiger partial charge in [-0.2, -0.15) is 0 Å². The predicted molar refractivity (Wildman–Crippen MR) is 155 cm³/mol. The van der Waals surface area contributed by atoms with Gasteiger partial charge in [0.15, 0.2) is 11.0 Å². The number of anilines is 1. The molecule has 1 atom stereocenters. The van der Waals surface area contributed by atoms with Gasteiger partial charge in [-0.15, -0.1) is 0 Å². The van der Waals surface area contributed by atoms with Crippen molar-refractivity contribution in [2.75, 3.05) is 12.0 Å². The molecule has 0 saturated carbocycles. The van der Waals surface area contributed by atoms with Crippen LogP contribution in [0.15, 0.2) is 100 Å². The number of carbonyl (C=O) groups excluding carboxylic acids is 2. The fourth-order valence-electron chi connectivity index (χ4n) is 6.03. The molecule has 3 heterocycles. The monoisotopic (exact) mass is 580 g/mol. The second kappa shape index (κ2) is 9.56. The molecule has 1 unspecified atom stereocenters. The largest absolute Gasteiger partial charge is 0.497 e. The molecule has 0 radical (unpaired) electrons. The number of amides is 2. The summed E-state index contributed by atoms with van der Waals surface area (Å²) in [4.78, 5) is 46.3. The maximum Gasteiger partial charge on any atom is 0.291 e. The molecule has 9 heteroatoms. The summed E-state index contributed by atoms with van der Waals surface area (Å²) in [5.74, 6) is -1.01. The zero-order valence-electron chi connectivity index (χ0n) is 22.3. The summed E-state index contributed by atoms with van der Waals surface area (Å²) in [6.45, 7) is 0.108. The van der Waals surface area contributed by atoms with Gasteiger partial charge >= 0.3 is 0 Å². The Hall–Kier alpha value is -4.95. The number of benzene rings is 4. The Morgan fingerprint density at radius 3 is 2.31 bits per heavy atom. The highest BCUT2D eigenvalue weighted by atomic mass is 35.5. The number of nitrogens with zero attached hydrogens (tertiary/aromatic N) is 2. The first-order valence-electron chi connectivity index (χ1n) is 13.2. The van der Waals surface area contributed by atoms with Gasteiger partial charge in [-0.05, 0) is 59.7 Å². The van der Waals surface area contributed by atoms with E-state index in [9.17, 15) is 18.8 Å². The van der Waals surface area contributed by atoms with Gasteiger partial charge in [0.2, 0.25) is 5.76 Å². The summed E-state index contributed by atoms with van der Waals surface area (Å²) in [5.41, 5.74) is 0.254. The van der Waals surface area contributed by atoms with Crippen molar-refractivity contribution in [1.82, 2.24) is 4.90 Å². The maximum absolute atomic E-state index is 14.9. The van der Waals surface area contributed by atoms with Crippen molar-refractivity contribution in [2.45, 2.75) is 18.6 Å². The van der Waals surface area contributed by atoms with Gasteiger partial charge in [-0.25, -0.2) is 4.39 Å². The van der Waals surface area contributed by atoms with E-state index in [0.717, 1.165) is 5.56 Å². The van der Waals surface area contributed by atoms with E-state index in [0.29, 0.717) is 27.6 Å². The lowest BCUT2D eigenvalue weighted by atomic mass is 9.83. The van der Waals surface area contributed by atoms with Crippen molar-refractivity contribution in [3.05, 3.63) is 140 Å². The molecule has 1 spiro atoms. The summed E-state index contributed by atoms with van der Waals surface area (Å²) in [6, 6.07) is 24.7. The molecule has 208 valence electrons. The number of rotatable bonds is 5. The van der Waals surface area contributed by atoms with Crippen molar-refractivity contribution >= 4 is 40.1 Å². The zero-order chi connectivity index (χ0) is 29.2. The highest BCUT2D eigenvalue weighted by Crippen LogP contribution is 2.53. The third kappa shape index (κ3) is 3.68. The zero-order valence-corrected chi connectivity index (χ0v) is 23.0. The topological polar surface area (TPSA) is 80.1 Å². The Labute approximate surface area is 244 Å². The molecule has 5 aromatic rings. The molecule has 42 heavy (non-hydrogen) atoms. The minimum absolute atomic E-state index is 0.00797. The first kappa shape index (κ1) is 26.0. The molecule has 0 aliphatic carbocycles. The van der Waals surface area contributed by atoms with Crippen molar-refractivity contribution < 1.29 is 23.1 Å². The van der Waals surface area contributed by atoms with Crippen molar-refractivity contribution in [3.8, 4) is 5.75 Å². The van der Waals surface area contributed by atoms with E-state index >= 15 is 0 Å². The molecule has 1 aromatic heterocycles. The van der Waals surface area contributed by atoms with Gasteiger partial charge in [0.1, 0.15) is 17.1 Å². The third-order valence-corrected chi connectivity index (χ3v) is 8.19. The molecular weight excluding hydrogens is 559 g/mol. The number of para-hydroxylation sites is 1. The molecule has 0 bridgehead atoms. The van der Waals surface area contributed by atoms with Crippen LogP contribution in [0.1, 0.15) is 32.8 Å². The molecule has 2 amide bonds. The lowest BCUT2D eigenvalue weighted by molar-refractivity contribution is -0.126. The van der Waals surface area contributed by atoms with Crippen LogP contribution in [0.2, 0.25) is 5.02 Å². The highest BCUT2D eigenvalue weighted by molar-refractivity contribution is 6.31. The lowest BCUT2D eigenvalue weighted by Crippen LogP contribution is -2.52.